The number of esters is 1. The molecule has 1 atom stereocenters. The average molecular weight is 467 g/mol. The summed E-state index contributed by atoms with van der Waals surface area (Å²) in [6.07, 6.45) is 0.911. The van der Waals surface area contributed by atoms with Gasteiger partial charge in [0, 0.05) is 44.1 Å². The molecule has 2 aliphatic rings. The molecule has 2 aromatic carbocycles. The number of urea groups is 1. The summed E-state index contributed by atoms with van der Waals surface area (Å²) in [7, 11) is 0. The van der Waals surface area contributed by atoms with Crippen LogP contribution in [-0.4, -0.2) is 56.2 Å². The quantitative estimate of drug-likeness (QED) is 0.612. The van der Waals surface area contributed by atoms with Gasteiger partial charge in [-0.25, -0.2) is 14.0 Å². The van der Waals surface area contributed by atoms with Gasteiger partial charge in [-0.1, -0.05) is 31.2 Å². The molecule has 2 amide bonds. The lowest BCUT2D eigenvalue weighted by atomic mass is 9.94. The molecular weight excluding hydrogens is 435 g/mol. The Morgan fingerprint density at radius 1 is 1.03 bits per heavy atom. The smallest absolute Gasteiger partial charge is 0.338 e. The third-order valence-corrected chi connectivity index (χ3v) is 6.32. The first-order valence-corrected chi connectivity index (χ1v) is 11.8. The number of ether oxygens (including phenoxy) is 1. The predicted octanol–water partition coefficient (Wildman–Crippen LogP) is 3.38. The van der Waals surface area contributed by atoms with E-state index in [2.05, 4.69) is 27.4 Å². The minimum Gasteiger partial charge on any atom is -0.463 e. The number of halogens is 1. The van der Waals surface area contributed by atoms with Gasteiger partial charge >= 0.3 is 12.0 Å². The molecule has 0 aliphatic carbocycles. The third-order valence-electron chi connectivity index (χ3n) is 6.32. The Labute approximate surface area is 199 Å². The second-order valence-corrected chi connectivity index (χ2v) is 8.48. The first kappa shape index (κ1) is 23.8. The molecule has 34 heavy (non-hydrogen) atoms. The van der Waals surface area contributed by atoms with Gasteiger partial charge in [-0.15, -0.1) is 0 Å². The second-order valence-electron chi connectivity index (χ2n) is 8.48. The average Bonchev–Trinajstić information content (AvgIpc) is 2.85. The number of carbonyl (C=O) groups is 2. The summed E-state index contributed by atoms with van der Waals surface area (Å²) < 4.78 is 18.6. The van der Waals surface area contributed by atoms with E-state index >= 15 is 0 Å². The van der Waals surface area contributed by atoms with Crippen molar-refractivity contribution in [3.8, 4) is 0 Å². The highest BCUT2D eigenvalue weighted by Gasteiger charge is 2.34. The van der Waals surface area contributed by atoms with E-state index in [0.29, 0.717) is 17.8 Å². The summed E-state index contributed by atoms with van der Waals surface area (Å²) in [5, 5.41) is 5.75. The fraction of sp³-hybridized carbons (Fsp3) is 0.385. The molecule has 0 radical (unpaired) electrons. The standard InChI is InChI=1S/C26H31FN4O3/c1-3-18-5-7-19(8-6-18)24-23(25(32)34-4-2)22(28-26(33)29-24)17-30-13-15-31(16-14-30)21-11-9-20(27)10-12-21/h5-12,24H,3-4,13-17H2,1-2H3,(H2,28,29,33)/t24-/m1/s1. The van der Waals surface area contributed by atoms with Crippen LogP contribution in [0.15, 0.2) is 59.8 Å². The Balaban J connectivity index is 1.54. The Morgan fingerprint density at radius 2 is 1.71 bits per heavy atom. The van der Waals surface area contributed by atoms with E-state index < -0.39 is 12.0 Å². The van der Waals surface area contributed by atoms with Crippen LogP contribution in [0, 0.1) is 5.82 Å². The van der Waals surface area contributed by atoms with E-state index in [9.17, 15) is 14.0 Å². The predicted molar refractivity (Wildman–Crippen MR) is 129 cm³/mol. The molecule has 0 bridgehead atoms. The van der Waals surface area contributed by atoms with Crippen LogP contribution in [-0.2, 0) is 16.0 Å². The molecule has 2 N–H and O–H groups in total. The van der Waals surface area contributed by atoms with Crippen molar-refractivity contribution < 1.29 is 18.7 Å². The zero-order chi connectivity index (χ0) is 24.1. The fourth-order valence-electron chi connectivity index (χ4n) is 4.43. The van der Waals surface area contributed by atoms with Crippen molar-refractivity contribution in [3.63, 3.8) is 0 Å². The molecule has 0 aromatic heterocycles. The number of anilines is 1. The fourth-order valence-corrected chi connectivity index (χ4v) is 4.43. The Bertz CT molecular complexity index is 1040. The van der Waals surface area contributed by atoms with Crippen molar-refractivity contribution >= 4 is 17.7 Å². The van der Waals surface area contributed by atoms with E-state index in [-0.39, 0.29) is 18.5 Å². The number of carbonyl (C=O) groups excluding carboxylic acids is 2. The minimum absolute atomic E-state index is 0.249. The normalized spacial score (nSPS) is 19.0. The highest BCUT2D eigenvalue weighted by Crippen LogP contribution is 2.29. The van der Waals surface area contributed by atoms with E-state index in [1.54, 1.807) is 19.1 Å². The van der Waals surface area contributed by atoms with Crippen LogP contribution in [0.2, 0.25) is 0 Å². The van der Waals surface area contributed by atoms with E-state index in [1.165, 1.54) is 17.7 Å². The van der Waals surface area contributed by atoms with E-state index in [0.717, 1.165) is 43.9 Å². The number of piperazine rings is 1. The van der Waals surface area contributed by atoms with Gasteiger partial charge in [0.2, 0.25) is 0 Å². The van der Waals surface area contributed by atoms with Gasteiger partial charge in [0.15, 0.2) is 0 Å². The van der Waals surface area contributed by atoms with Gasteiger partial charge in [-0.05, 0) is 48.7 Å². The van der Waals surface area contributed by atoms with Gasteiger partial charge in [-0.2, -0.15) is 0 Å². The van der Waals surface area contributed by atoms with Gasteiger partial charge in [-0.3, -0.25) is 4.90 Å². The maximum atomic E-state index is 13.2. The molecule has 8 heteroatoms. The number of benzene rings is 2. The van der Waals surface area contributed by atoms with Crippen LogP contribution in [0.3, 0.4) is 0 Å². The molecule has 2 aliphatic heterocycles. The van der Waals surface area contributed by atoms with E-state index in [1.807, 2.05) is 24.3 Å². The Kier molecular flexibility index (Phi) is 7.47. The number of amides is 2. The lowest BCUT2D eigenvalue weighted by molar-refractivity contribution is -0.139. The summed E-state index contributed by atoms with van der Waals surface area (Å²) in [6.45, 7) is 7.56. The first-order chi connectivity index (χ1) is 16.5. The summed E-state index contributed by atoms with van der Waals surface area (Å²) in [4.78, 5) is 30.0. The molecule has 1 fully saturated rings. The number of hydrogen-bond donors (Lipinski definition) is 2. The van der Waals surface area contributed by atoms with Crippen molar-refractivity contribution in [1.29, 1.82) is 0 Å². The third kappa shape index (κ3) is 5.39. The molecule has 2 aromatic rings. The van der Waals surface area contributed by atoms with Gasteiger partial charge in [0.1, 0.15) is 5.82 Å². The molecular formula is C26H31FN4O3. The molecule has 0 saturated carbocycles. The lowest BCUT2D eigenvalue weighted by Gasteiger charge is -2.38. The molecule has 2 heterocycles. The topological polar surface area (TPSA) is 73.9 Å². The number of rotatable bonds is 7. The van der Waals surface area contributed by atoms with Crippen molar-refractivity contribution in [2.45, 2.75) is 26.3 Å². The molecule has 180 valence electrons. The zero-order valence-electron chi connectivity index (χ0n) is 19.6. The van der Waals surface area contributed by atoms with Crippen molar-refractivity contribution in [1.82, 2.24) is 15.5 Å². The highest BCUT2D eigenvalue weighted by atomic mass is 19.1. The number of hydrogen-bond acceptors (Lipinski definition) is 5. The van der Waals surface area contributed by atoms with Crippen LogP contribution >= 0.6 is 0 Å². The maximum Gasteiger partial charge on any atom is 0.338 e. The van der Waals surface area contributed by atoms with Crippen molar-refractivity contribution in [2.75, 3.05) is 44.2 Å². The molecule has 7 nitrogen and oxygen atoms in total. The van der Waals surface area contributed by atoms with Gasteiger partial charge < -0.3 is 20.3 Å². The van der Waals surface area contributed by atoms with Crippen LogP contribution in [0.5, 0.6) is 0 Å². The van der Waals surface area contributed by atoms with E-state index in [4.69, 9.17) is 4.74 Å². The first-order valence-electron chi connectivity index (χ1n) is 11.8. The Hall–Kier alpha value is -3.39. The Morgan fingerprint density at radius 3 is 2.32 bits per heavy atom. The molecule has 4 rings (SSSR count). The van der Waals surface area contributed by atoms with Crippen LogP contribution < -0.4 is 15.5 Å². The zero-order valence-corrected chi connectivity index (χ0v) is 19.6. The van der Waals surface area contributed by atoms with Crippen molar-refractivity contribution in [2.24, 2.45) is 0 Å². The number of aryl methyl sites for hydroxylation is 1. The maximum absolute atomic E-state index is 13.2. The molecule has 0 unspecified atom stereocenters. The van der Waals surface area contributed by atoms with Crippen LogP contribution in [0.4, 0.5) is 14.9 Å². The molecule has 0 spiro atoms. The van der Waals surface area contributed by atoms with Gasteiger partial charge in [0.25, 0.3) is 0 Å². The van der Waals surface area contributed by atoms with Crippen molar-refractivity contribution in [3.05, 3.63) is 76.7 Å². The molecule has 1 saturated heterocycles. The van der Waals surface area contributed by atoms with Gasteiger partial charge in [0.05, 0.1) is 18.2 Å². The summed E-state index contributed by atoms with van der Waals surface area (Å²) in [5.74, 6) is -0.680. The SMILES string of the molecule is CCOC(=O)C1=C(CN2CCN(c3ccc(F)cc3)CC2)NC(=O)N[C@@H]1c1ccc(CC)cc1. The summed E-state index contributed by atoms with van der Waals surface area (Å²) >= 11 is 0. The second kappa shape index (κ2) is 10.7. The lowest BCUT2D eigenvalue weighted by Crippen LogP contribution is -2.51. The monoisotopic (exact) mass is 466 g/mol. The minimum atomic E-state index is -0.575. The highest BCUT2D eigenvalue weighted by molar-refractivity contribution is 5.95. The number of nitrogens with zero attached hydrogens (tertiary/aromatic N) is 2. The van der Waals surface area contributed by atoms with Crippen LogP contribution in [0.25, 0.3) is 0 Å². The van der Waals surface area contributed by atoms with Crippen LogP contribution in [0.1, 0.15) is 31.0 Å². The summed E-state index contributed by atoms with van der Waals surface area (Å²) in [6, 6.07) is 13.5. The summed E-state index contributed by atoms with van der Waals surface area (Å²) in [5.41, 5.74) is 4.02. The number of nitrogens with one attached hydrogen (secondary N) is 2. The largest absolute Gasteiger partial charge is 0.463 e.